The molecule has 70 heavy (non-hydrogen) atoms. The molecular formula is C50H60Cl4N12O4. The Bertz CT molecular complexity index is 2680. The van der Waals surface area contributed by atoms with Crippen LogP contribution in [-0.2, 0) is 9.59 Å². The third kappa shape index (κ3) is 11.0. The second-order valence-corrected chi connectivity index (χ2v) is 21.3. The fraction of sp³-hybridized carbons (Fsp3) is 0.520. The van der Waals surface area contributed by atoms with Gasteiger partial charge in [-0.3, -0.25) is 9.59 Å². The molecule has 2 N–H and O–H groups in total. The van der Waals surface area contributed by atoms with E-state index in [1.54, 1.807) is 12.1 Å². The fourth-order valence-corrected chi connectivity index (χ4v) is 11.9. The smallest absolute Gasteiger partial charge is 0.304 e. The number of aliphatic carboxylic acids is 2. The predicted octanol–water partition coefficient (Wildman–Crippen LogP) is 9.35. The first kappa shape index (κ1) is 50.1. The van der Waals surface area contributed by atoms with Gasteiger partial charge in [-0.1, -0.05) is 58.5 Å². The lowest BCUT2D eigenvalue weighted by atomic mass is 9.80. The van der Waals surface area contributed by atoms with E-state index in [1.807, 2.05) is 73.7 Å². The number of anilines is 2. The topological polar surface area (TPSA) is 175 Å². The van der Waals surface area contributed by atoms with Gasteiger partial charge >= 0.3 is 11.9 Å². The monoisotopic (exact) mass is 1030 g/mol. The number of piperidine rings is 2. The molecule has 20 heteroatoms. The Labute approximate surface area is 427 Å². The van der Waals surface area contributed by atoms with Gasteiger partial charge in [0.25, 0.3) is 0 Å². The first-order valence-electron chi connectivity index (χ1n) is 24.3. The third-order valence-corrected chi connectivity index (χ3v) is 16.0. The number of aryl methyl sites for hydroxylation is 2. The molecule has 0 unspecified atom stereocenters. The summed E-state index contributed by atoms with van der Waals surface area (Å²) in [5, 5.41) is 29.9. The molecule has 4 saturated heterocycles. The van der Waals surface area contributed by atoms with Gasteiger partial charge in [0.05, 0.1) is 48.7 Å². The molecule has 4 atom stereocenters. The molecule has 8 heterocycles. The molecule has 4 aromatic heterocycles. The maximum Gasteiger partial charge on any atom is 0.304 e. The highest BCUT2D eigenvalue weighted by atomic mass is 35.5. The summed E-state index contributed by atoms with van der Waals surface area (Å²) in [5.41, 5.74) is 6.62. The van der Waals surface area contributed by atoms with Crippen molar-refractivity contribution in [1.29, 1.82) is 0 Å². The van der Waals surface area contributed by atoms with Crippen molar-refractivity contribution in [3.63, 3.8) is 0 Å². The van der Waals surface area contributed by atoms with Crippen LogP contribution >= 0.6 is 46.4 Å². The van der Waals surface area contributed by atoms with Gasteiger partial charge in [0, 0.05) is 72.4 Å². The number of aromatic nitrogens is 8. The quantitative estimate of drug-likeness (QED) is 0.106. The van der Waals surface area contributed by atoms with Crippen LogP contribution in [0.25, 0.3) is 22.3 Å². The van der Waals surface area contributed by atoms with Crippen molar-refractivity contribution >= 4 is 92.3 Å². The van der Waals surface area contributed by atoms with E-state index < -0.39 is 11.9 Å². The summed E-state index contributed by atoms with van der Waals surface area (Å²) in [4.78, 5) is 50.4. The average Bonchev–Trinajstić information content (AvgIpc) is 3.81. The number of likely N-dealkylation sites (tertiary alicyclic amines) is 2. The molecule has 372 valence electrons. The van der Waals surface area contributed by atoms with Gasteiger partial charge in [-0.05, 0) is 126 Å². The number of carboxylic acids is 2. The Balaban J connectivity index is 0.000000174. The van der Waals surface area contributed by atoms with E-state index in [0.29, 0.717) is 56.9 Å². The number of hydrogen-bond acceptors (Lipinski definition) is 12. The van der Waals surface area contributed by atoms with Crippen molar-refractivity contribution < 1.29 is 19.8 Å². The molecule has 0 aliphatic carbocycles. The van der Waals surface area contributed by atoms with Crippen molar-refractivity contribution in [1.82, 2.24) is 49.3 Å². The number of carbonyl (C=O) groups is 2. The Morgan fingerprint density at radius 1 is 0.614 bits per heavy atom. The third-order valence-electron chi connectivity index (χ3n) is 14.8. The second-order valence-electron chi connectivity index (χ2n) is 19.6. The molecule has 6 aromatic rings. The summed E-state index contributed by atoms with van der Waals surface area (Å²) in [6.07, 6.45) is 8.80. The van der Waals surface area contributed by atoms with Gasteiger partial charge < -0.3 is 29.8 Å². The molecule has 0 bridgehead atoms. The van der Waals surface area contributed by atoms with Gasteiger partial charge in [-0.25, -0.2) is 29.3 Å². The number of nitrogens with zero attached hydrogens (tertiary/aromatic N) is 12. The zero-order valence-electron chi connectivity index (χ0n) is 40.0. The molecule has 16 nitrogen and oxygen atoms in total. The summed E-state index contributed by atoms with van der Waals surface area (Å²) >= 11 is 25.1. The summed E-state index contributed by atoms with van der Waals surface area (Å²) in [7, 11) is 0. The van der Waals surface area contributed by atoms with E-state index in [-0.39, 0.29) is 24.9 Å². The lowest BCUT2D eigenvalue weighted by Gasteiger charge is -2.47. The van der Waals surface area contributed by atoms with Crippen LogP contribution < -0.4 is 9.80 Å². The zero-order chi connectivity index (χ0) is 49.4. The molecule has 4 aliphatic rings. The summed E-state index contributed by atoms with van der Waals surface area (Å²) in [6, 6.07) is 10.8. The number of hydrogen-bond donors (Lipinski definition) is 2. The molecule has 0 amide bonds. The van der Waals surface area contributed by atoms with Crippen LogP contribution in [-0.4, -0.2) is 137 Å². The highest BCUT2D eigenvalue weighted by Gasteiger charge is 2.38. The van der Waals surface area contributed by atoms with Crippen LogP contribution in [0.2, 0.25) is 20.1 Å². The predicted molar refractivity (Wildman–Crippen MR) is 275 cm³/mol. The van der Waals surface area contributed by atoms with Crippen LogP contribution in [0.3, 0.4) is 0 Å². The van der Waals surface area contributed by atoms with Crippen molar-refractivity contribution in [2.75, 3.05) is 75.2 Å². The van der Waals surface area contributed by atoms with Crippen molar-refractivity contribution in [3.05, 3.63) is 91.4 Å². The maximum atomic E-state index is 10.9. The van der Waals surface area contributed by atoms with Crippen LogP contribution in [0, 0.1) is 37.5 Å². The van der Waals surface area contributed by atoms with Crippen LogP contribution in [0.15, 0.2) is 48.8 Å². The average molecular weight is 1030 g/mol. The van der Waals surface area contributed by atoms with Gasteiger partial charge in [0.2, 0.25) is 0 Å². The number of carboxylic acid groups (broad SMARTS) is 2. The lowest BCUT2D eigenvalue weighted by molar-refractivity contribution is -0.138. The largest absolute Gasteiger partial charge is 0.481 e. The first-order valence-corrected chi connectivity index (χ1v) is 25.8. The summed E-state index contributed by atoms with van der Waals surface area (Å²) in [5.74, 6) is 2.68. The molecule has 4 fully saturated rings. The zero-order valence-corrected chi connectivity index (χ0v) is 43.0. The van der Waals surface area contributed by atoms with Crippen molar-refractivity contribution in [3.8, 4) is 0 Å². The maximum absolute atomic E-state index is 10.9. The highest BCUT2D eigenvalue weighted by Crippen LogP contribution is 2.37. The number of fused-ring (bicyclic) bond motifs is 2. The van der Waals surface area contributed by atoms with Crippen molar-refractivity contribution in [2.24, 2.45) is 23.7 Å². The Hall–Kier alpha value is -4.84. The van der Waals surface area contributed by atoms with Gasteiger partial charge in [0.1, 0.15) is 22.7 Å². The standard InChI is InChI=1S/2C25H30Cl2N6O2/c2*1-15-24-25(33(30-15)16(2)20-6-5-19(26)10-21(20)27)29-22(11-28-24)32-13-18(14-32)17-4-3-8-31(12-17)9-7-23(34)35/h2*5-6,10-11,16-18H,3-4,7-9,12-14H2,1-2H3,(H,34,35)/t16-,17+;16-,17-/m11/s1. The minimum absolute atomic E-state index is 0.122. The minimum atomic E-state index is -0.724. The normalized spacial score (nSPS) is 20.2. The lowest BCUT2D eigenvalue weighted by Crippen LogP contribution is -2.54. The van der Waals surface area contributed by atoms with Crippen LogP contribution in [0.5, 0.6) is 0 Å². The van der Waals surface area contributed by atoms with E-state index >= 15 is 0 Å². The van der Waals surface area contributed by atoms with E-state index in [0.717, 1.165) is 122 Å². The molecule has 0 saturated carbocycles. The van der Waals surface area contributed by atoms with E-state index in [1.165, 1.54) is 12.8 Å². The first-order chi connectivity index (χ1) is 33.6. The van der Waals surface area contributed by atoms with E-state index in [9.17, 15) is 9.59 Å². The van der Waals surface area contributed by atoms with E-state index in [2.05, 4.69) is 19.6 Å². The summed E-state index contributed by atoms with van der Waals surface area (Å²) < 4.78 is 3.80. The van der Waals surface area contributed by atoms with Gasteiger partial charge in [-0.2, -0.15) is 10.2 Å². The number of benzene rings is 2. The van der Waals surface area contributed by atoms with Crippen LogP contribution in [0.4, 0.5) is 11.6 Å². The minimum Gasteiger partial charge on any atom is -0.481 e. The molecule has 4 aliphatic heterocycles. The van der Waals surface area contributed by atoms with Crippen molar-refractivity contribution in [2.45, 2.75) is 78.3 Å². The molecule has 0 radical (unpaired) electrons. The Morgan fingerprint density at radius 3 is 1.39 bits per heavy atom. The van der Waals surface area contributed by atoms with Gasteiger partial charge in [0.15, 0.2) is 11.3 Å². The second kappa shape index (κ2) is 21.5. The Morgan fingerprint density at radius 2 is 1.01 bits per heavy atom. The molecule has 2 aromatic carbocycles. The van der Waals surface area contributed by atoms with E-state index in [4.69, 9.17) is 86.8 Å². The van der Waals surface area contributed by atoms with Crippen LogP contribution in [0.1, 0.15) is 87.0 Å². The number of rotatable bonds is 14. The van der Waals surface area contributed by atoms with Gasteiger partial charge in [-0.15, -0.1) is 0 Å². The SMILES string of the molecule is Cc1nn([C@H](C)c2ccc(Cl)cc2Cl)c2nc(N3CC([C@@H]4CCCN(CCC(=O)O)C4)C3)cnc12.Cc1nn([C@H](C)c2ccc(Cl)cc2Cl)c2nc(N3CC([C@H]4CCCN(CCC(=O)O)C4)C3)cnc12. The highest BCUT2D eigenvalue weighted by molar-refractivity contribution is 6.35. The fourth-order valence-electron chi connectivity index (χ4n) is 10.7. The molecule has 0 spiro atoms. The molecular weight excluding hydrogens is 974 g/mol. The summed E-state index contributed by atoms with van der Waals surface area (Å²) in [6.45, 7) is 17.0. The number of halogens is 4. The molecule has 10 rings (SSSR count). The Kier molecular flexibility index (Phi) is 15.4.